The van der Waals surface area contributed by atoms with Crippen molar-refractivity contribution in [1.82, 2.24) is 0 Å². The summed E-state index contributed by atoms with van der Waals surface area (Å²) in [6.45, 7) is 4.79. The molecule has 2 aromatic carbocycles. The Morgan fingerprint density at radius 1 is 0.686 bits per heavy atom. The van der Waals surface area contributed by atoms with Crippen molar-refractivity contribution in [2.45, 2.75) is 81.4 Å². The van der Waals surface area contributed by atoms with Crippen LogP contribution in [0.5, 0.6) is 0 Å². The second-order valence-electron chi connectivity index (χ2n) is 11.8. The molecule has 2 atom stereocenters. The number of benzene rings is 2. The van der Waals surface area contributed by atoms with Gasteiger partial charge >= 0.3 is 227 Å². The van der Waals surface area contributed by atoms with E-state index in [1.807, 2.05) is 0 Å². The molecule has 0 bridgehead atoms. The van der Waals surface area contributed by atoms with E-state index in [1.165, 1.54) is 84.2 Å². The predicted octanol–water partition coefficient (Wildman–Crippen LogP) is 9.90. The van der Waals surface area contributed by atoms with Crippen LogP contribution in [-0.2, 0) is 23.2 Å². The molecule has 184 valence electrons. The number of hydrogen-bond donors (Lipinski definition) is 0. The van der Waals surface area contributed by atoms with Crippen LogP contribution in [0.1, 0.15) is 61.8 Å². The molecule has 0 saturated carbocycles. The van der Waals surface area contributed by atoms with E-state index < -0.39 is 33.8 Å². The fourth-order valence-corrected chi connectivity index (χ4v) is 80.6. The molecule has 4 aliphatic rings. The van der Waals surface area contributed by atoms with E-state index >= 15 is 0 Å². The first-order valence-electron chi connectivity index (χ1n) is 13.9. The van der Waals surface area contributed by atoms with Crippen molar-refractivity contribution in [2.75, 3.05) is 0 Å². The van der Waals surface area contributed by atoms with Crippen LogP contribution in [0.4, 0.5) is 0 Å². The van der Waals surface area contributed by atoms with Gasteiger partial charge in [-0.25, -0.2) is 0 Å². The van der Waals surface area contributed by atoms with Gasteiger partial charge in [0.1, 0.15) is 0 Å². The minimum atomic E-state index is -4.31. The van der Waals surface area contributed by atoms with E-state index in [0.29, 0.717) is 0 Å². The topological polar surface area (TPSA) is 0 Å². The van der Waals surface area contributed by atoms with E-state index in [4.69, 9.17) is 17.2 Å². The number of halogens is 2. The van der Waals surface area contributed by atoms with Crippen LogP contribution < -0.4 is 0 Å². The summed E-state index contributed by atoms with van der Waals surface area (Å²) in [5.41, 5.74) is 5.86. The number of allylic oxidation sites excluding steroid dienone is 2. The Bertz CT molecular complexity index is 1100. The van der Waals surface area contributed by atoms with Gasteiger partial charge in [-0.2, -0.15) is 0 Å². The summed E-state index contributed by atoms with van der Waals surface area (Å²) in [7, 11) is 13.6. The molecule has 2 unspecified atom stereocenters. The molecule has 2 fully saturated rings. The molecule has 0 nitrogen and oxygen atoms in total. The van der Waals surface area contributed by atoms with E-state index in [0.717, 1.165) is 0 Å². The van der Waals surface area contributed by atoms with Crippen molar-refractivity contribution < 1.29 is 17.6 Å². The Hall–Kier alpha value is -0.196. The molecule has 2 aliphatic heterocycles. The molecule has 6 rings (SSSR count). The number of hydrogen-bond acceptors (Lipinski definition) is 0. The molecular formula is C30H38Cl2HfSi2. The zero-order chi connectivity index (χ0) is 24.4. The van der Waals surface area contributed by atoms with Gasteiger partial charge in [0.05, 0.1) is 0 Å². The second-order valence-corrected chi connectivity index (χ2v) is 45.7. The maximum atomic E-state index is 8.54. The fraction of sp³-hybridized carbons (Fsp3) is 0.467. The molecule has 0 spiro atoms. The van der Waals surface area contributed by atoms with E-state index in [9.17, 15) is 0 Å². The second kappa shape index (κ2) is 8.94. The number of rotatable bonds is 8. The summed E-state index contributed by atoms with van der Waals surface area (Å²) in [6.07, 6.45) is 15.4. The molecule has 0 N–H and O–H groups in total. The first-order chi connectivity index (χ1) is 16.9. The fourth-order valence-electron chi connectivity index (χ4n) is 8.91. The van der Waals surface area contributed by atoms with Crippen molar-refractivity contribution in [2.24, 2.45) is 0 Å². The van der Waals surface area contributed by atoms with Crippen molar-refractivity contribution in [3.63, 3.8) is 0 Å². The van der Waals surface area contributed by atoms with Gasteiger partial charge in [-0.1, -0.05) is 0 Å². The molecule has 2 aliphatic carbocycles. The summed E-state index contributed by atoms with van der Waals surface area (Å²) in [5.74, 6) is 0. The molecule has 2 saturated heterocycles. The van der Waals surface area contributed by atoms with E-state index in [1.54, 1.807) is 0 Å². The van der Waals surface area contributed by atoms with Crippen LogP contribution in [0.2, 0.25) is 36.3 Å². The van der Waals surface area contributed by atoms with Gasteiger partial charge < -0.3 is 0 Å². The SMILES string of the molecule is CCC[Si]1([C]2([Hf]([Cl])([Cl])[C]3([Si]4(CCC)CCC4)C=Cc4ccccc43)C=Cc3ccccc32)CCC1. The first kappa shape index (κ1) is 25.1. The zero-order valence-electron chi connectivity index (χ0n) is 21.3. The normalized spacial score (nSPS) is 29.4. The van der Waals surface area contributed by atoms with Gasteiger partial charge in [0, 0.05) is 0 Å². The summed E-state index contributed by atoms with van der Waals surface area (Å²) in [4.78, 5) is 0. The molecule has 0 amide bonds. The Kier molecular flexibility index (Phi) is 6.41. The molecule has 2 heterocycles. The average molecular weight is 704 g/mol. The van der Waals surface area contributed by atoms with Crippen molar-refractivity contribution in [1.29, 1.82) is 0 Å². The van der Waals surface area contributed by atoms with Gasteiger partial charge in [0.25, 0.3) is 0 Å². The van der Waals surface area contributed by atoms with E-state index in [-0.39, 0.29) is 5.59 Å². The Labute approximate surface area is 225 Å². The zero-order valence-corrected chi connectivity index (χ0v) is 28.4. The Balaban J connectivity index is 1.68. The molecule has 0 radical (unpaired) electrons. The third-order valence-corrected chi connectivity index (χ3v) is 65.7. The van der Waals surface area contributed by atoms with Gasteiger partial charge in [0.15, 0.2) is 0 Å². The van der Waals surface area contributed by atoms with Gasteiger partial charge in [0.2, 0.25) is 0 Å². The third-order valence-electron chi connectivity index (χ3n) is 10.5. The van der Waals surface area contributed by atoms with Gasteiger partial charge in [-0.3, -0.25) is 0 Å². The van der Waals surface area contributed by atoms with Crippen LogP contribution in [0.3, 0.4) is 0 Å². The quantitative estimate of drug-likeness (QED) is 0.240. The van der Waals surface area contributed by atoms with Gasteiger partial charge in [-0.15, -0.1) is 0 Å². The first-order valence-corrected chi connectivity index (χ1v) is 31.6. The summed E-state index contributed by atoms with van der Waals surface area (Å²) < 4.78 is -0.0574. The van der Waals surface area contributed by atoms with Crippen molar-refractivity contribution in [3.8, 4) is 0 Å². The molecule has 2 aromatic rings. The molecule has 35 heavy (non-hydrogen) atoms. The third kappa shape index (κ3) is 3.05. The summed E-state index contributed by atoms with van der Waals surface area (Å²) >= 11 is -4.31. The van der Waals surface area contributed by atoms with Crippen molar-refractivity contribution in [3.05, 3.63) is 82.9 Å². The van der Waals surface area contributed by atoms with Crippen molar-refractivity contribution >= 4 is 45.5 Å². The van der Waals surface area contributed by atoms with Crippen LogP contribution in [0.25, 0.3) is 12.2 Å². The van der Waals surface area contributed by atoms with Crippen LogP contribution in [-0.4, -0.2) is 16.1 Å². The molecular weight excluding hydrogens is 666 g/mol. The maximum absolute atomic E-state index is 8.54. The van der Waals surface area contributed by atoms with Gasteiger partial charge in [-0.05, 0) is 0 Å². The number of fused-ring (bicyclic) bond motifs is 2. The molecule has 0 aromatic heterocycles. The van der Waals surface area contributed by atoms with Crippen LogP contribution in [0, 0.1) is 0 Å². The Morgan fingerprint density at radius 2 is 1.09 bits per heavy atom. The van der Waals surface area contributed by atoms with E-state index in [2.05, 4.69) is 86.7 Å². The summed E-state index contributed by atoms with van der Waals surface area (Å²) in [5, 5.41) is 0. The van der Waals surface area contributed by atoms with Crippen LogP contribution >= 0.6 is 17.2 Å². The standard InChI is InChI=1S/2C15H19Si.2ClH.Hf/c2*1-2-10-16(11-5-12-16)15-9-8-13-6-3-4-7-14(13)15;;;/h2*3-4,6-9H,2,5,10-12H2,1H3;2*1H;/q;;;;+2/p-2. The molecule has 5 heteroatoms. The monoisotopic (exact) mass is 704 g/mol. The predicted molar refractivity (Wildman–Crippen MR) is 156 cm³/mol. The average Bonchev–Trinajstić information content (AvgIpc) is 3.40. The summed E-state index contributed by atoms with van der Waals surface area (Å²) in [6, 6.07) is 26.8. The van der Waals surface area contributed by atoms with Crippen LogP contribution in [0.15, 0.2) is 60.7 Å². The Morgan fingerprint density at radius 3 is 1.43 bits per heavy atom. The minimum absolute atomic E-state index is 0.0287.